The first kappa shape index (κ1) is 23.9. The molecular formula is C19H36N2O6S. The zero-order valence-corrected chi connectivity index (χ0v) is 18.0. The van der Waals surface area contributed by atoms with E-state index in [-0.39, 0.29) is 11.9 Å². The Morgan fingerprint density at radius 3 is 2.54 bits per heavy atom. The molecule has 1 amide bonds. The predicted octanol–water partition coefficient (Wildman–Crippen LogP) is -0.467. The summed E-state index contributed by atoms with van der Waals surface area (Å²) in [6, 6.07) is -1.20. The Hall–Kier alpha value is -0.420. The van der Waals surface area contributed by atoms with Crippen molar-refractivity contribution in [1.29, 1.82) is 0 Å². The Morgan fingerprint density at radius 2 is 1.96 bits per heavy atom. The van der Waals surface area contributed by atoms with Crippen LogP contribution in [0.25, 0.3) is 0 Å². The number of unbranched alkanes of at least 4 members (excludes halogenated alkanes) is 1. The van der Waals surface area contributed by atoms with Crippen molar-refractivity contribution >= 4 is 17.7 Å². The summed E-state index contributed by atoms with van der Waals surface area (Å²) in [5, 5.41) is 43.7. The van der Waals surface area contributed by atoms with Gasteiger partial charge in [-0.1, -0.05) is 19.8 Å². The number of likely N-dealkylation sites (tertiary alicyclic amines) is 1. The highest BCUT2D eigenvalue weighted by Gasteiger charge is 2.48. The smallest absolute Gasteiger partial charge is 0.237 e. The van der Waals surface area contributed by atoms with Gasteiger partial charge in [-0.05, 0) is 39.0 Å². The zero-order chi connectivity index (χ0) is 21.0. The molecule has 9 atom stereocenters. The van der Waals surface area contributed by atoms with Crippen molar-refractivity contribution in [1.82, 2.24) is 10.2 Å². The number of hydrogen-bond acceptors (Lipinski definition) is 8. The van der Waals surface area contributed by atoms with Crippen molar-refractivity contribution in [3.63, 3.8) is 0 Å². The molecule has 4 unspecified atom stereocenters. The number of carbonyl (C=O) groups is 1. The average molecular weight is 421 g/mol. The standard InChI is InChI=1S/C19H36N2O6S/c1-5-6-7-11-8-12(21(3)9-11)18(26)20-13(10(2)22)17-15(24)14(23)16(25)19(27-17)28-4/h10-17,19,22-25H,5-9H2,1-4H3,(H,20,26)/t10?,11?,12?,13?,14-,15+,16+,17+,19+/m0/s1. The van der Waals surface area contributed by atoms with Gasteiger partial charge in [0.15, 0.2) is 0 Å². The Labute approximate surface area is 171 Å². The number of likely N-dealkylation sites (N-methyl/N-ethyl adjacent to an activating group) is 1. The second kappa shape index (κ2) is 10.6. The van der Waals surface area contributed by atoms with E-state index in [2.05, 4.69) is 12.2 Å². The van der Waals surface area contributed by atoms with Crippen LogP contribution < -0.4 is 5.32 Å². The lowest BCUT2D eigenvalue weighted by atomic mass is 9.92. The lowest BCUT2D eigenvalue weighted by Gasteiger charge is -2.44. The highest BCUT2D eigenvalue weighted by Crippen LogP contribution is 2.30. The first-order chi connectivity index (χ1) is 13.2. The van der Waals surface area contributed by atoms with Crippen LogP contribution in [-0.4, -0.2) is 99.1 Å². The van der Waals surface area contributed by atoms with Crippen LogP contribution in [0.5, 0.6) is 0 Å². The van der Waals surface area contributed by atoms with Gasteiger partial charge in [0.25, 0.3) is 0 Å². The van der Waals surface area contributed by atoms with Crippen LogP contribution in [0.1, 0.15) is 39.5 Å². The van der Waals surface area contributed by atoms with Crippen molar-refractivity contribution < 1.29 is 30.0 Å². The van der Waals surface area contributed by atoms with E-state index in [4.69, 9.17) is 4.74 Å². The number of carbonyl (C=O) groups excluding carboxylic acids is 1. The Balaban J connectivity index is 2.07. The molecular weight excluding hydrogens is 384 g/mol. The van der Waals surface area contributed by atoms with Gasteiger partial charge in [0.1, 0.15) is 29.9 Å². The lowest BCUT2D eigenvalue weighted by molar-refractivity contribution is -0.211. The van der Waals surface area contributed by atoms with Crippen LogP contribution >= 0.6 is 11.8 Å². The molecule has 9 heteroatoms. The highest BCUT2D eigenvalue weighted by atomic mass is 32.2. The van der Waals surface area contributed by atoms with Crippen molar-refractivity contribution in [2.24, 2.45) is 5.92 Å². The van der Waals surface area contributed by atoms with Crippen LogP contribution in [0.4, 0.5) is 0 Å². The number of hydrogen-bond donors (Lipinski definition) is 5. The fraction of sp³-hybridized carbons (Fsp3) is 0.947. The summed E-state index contributed by atoms with van der Waals surface area (Å²) in [5.41, 5.74) is -0.755. The highest BCUT2D eigenvalue weighted by molar-refractivity contribution is 7.99. The number of thioether (sulfide) groups is 1. The van der Waals surface area contributed by atoms with Gasteiger partial charge >= 0.3 is 0 Å². The molecule has 0 aromatic rings. The fourth-order valence-electron chi connectivity index (χ4n) is 4.22. The lowest BCUT2D eigenvalue weighted by Crippen LogP contribution is -2.65. The van der Waals surface area contributed by atoms with Crippen LogP contribution in [0, 0.1) is 5.92 Å². The third-order valence-corrected chi connectivity index (χ3v) is 6.78. The van der Waals surface area contributed by atoms with E-state index in [0.29, 0.717) is 5.92 Å². The van der Waals surface area contributed by atoms with Crippen LogP contribution in [0.3, 0.4) is 0 Å². The van der Waals surface area contributed by atoms with Gasteiger partial charge in [-0.2, -0.15) is 0 Å². The second-order valence-electron chi connectivity index (χ2n) is 8.15. The summed E-state index contributed by atoms with van der Waals surface area (Å²) in [6.07, 6.45) is -0.268. The number of amides is 1. The fourth-order valence-corrected chi connectivity index (χ4v) is 4.90. The van der Waals surface area contributed by atoms with E-state index in [9.17, 15) is 25.2 Å². The maximum atomic E-state index is 12.9. The molecule has 0 radical (unpaired) electrons. The molecule has 2 heterocycles. The zero-order valence-electron chi connectivity index (χ0n) is 17.2. The molecule has 28 heavy (non-hydrogen) atoms. The van der Waals surface area contributed by atoms with E-state index < -0.39 is 42.0 Å². The first-order valence-corrected chi connectivity index (χ1v) is 11.4. The minimum atomic E-state index is -1.42. The summed E-state index contributed by atoms with van der Waals surface area (Å²) < 4.78 is 5.73. The monoisotopic (exact) mass is 420 g/mol. The Kier molecular flexibility index (Phi) is 9.00. The molecule has 2 fully saturated rings. The molecule has 2 saturated heterocycles. The van der Waals surface area contributed by atoms with Crippen molar-refractivity contribution in [2.45, 2.75) is 87.6 Å². The molecule has 0 saturated carbocycles. The molecule has 8 nitrogen and oxygen atoms in total. The van der Waals surface area contributed by atoms with E-state index in [1.807, 2.05) is 11.9 Å². The molecule has 0 spiro atoms. The van der Waals surface area contributed by atoms with Gasteiger partial charge in [-0.3, -0.25) is 9.69 Å². The molecule has 0 bridgehead atoms. The van der Waals surface area contributed by atoms with E-state index in [0.717, 1.165) is 32.2 Å². The summed E-state index contributed by atoms with van der Waals surface area (Å²) in [6.45, 7) is 4.52. The third kappa shape index (κ3) is 5.38. The van der Waals surface area contributed by atoms with Gasteiger partial charge in [0, 0.05) is 6.54 Å². The minimum Gasteiger partial charge on any atom is -0.391 e. The normalized spacial score (nSPS) is 38.9. The van der Waals surface area contributed by atoms with Crippen LogP contribution in [-0.2, 0) is 9.53 Å². The first-order valence-electron chi connectivity index (χ1n) is 10.1. The van der Waals surface area contributed by atoms with E-state index in [1.165, 1.54) is 18.7 Å². The maximum Gasteiger partial charge on any atom is 0.237 e. The number of aliphatic hydroxyl groups excluding tert-OH is 4. The maximum absolute atomic E-state index is 12.9. The molecule has 0 aliphatic carbocycles. The van der Waals surface area contributed by atoms with Gasteiger partial charge in [0.2, 0.25) is 5.91 Å². The average Bonchev–Trinajstić information content (AvgIpc) is 3.03. The van der Waals surface area contributed by atoms with Crippen molar-refractivity contribution in [3.8, 4) is 0 Å². The summed E-state index contributed by atoms with van der Waals surface area (Å²) in [5.74, 6) is 0.254. The number of nitrogens with one attached hydrogen (secondary N) is 1. The Bertz CT molecular complexity index is 509. The van der Waals surface area contributed by atoms with Crippen LogP contribution in [0.2, 0.25) is 0 Å². The molecule has 5 N–H and O–H groups in total. The topological polar surface area (TPSA) is 122 Å². The molecule has 0 aromatic heterocycles. The minimum absolute atomic E-state index is 0.218. The van der Waals surface area contributed by atoms with E-state index in [1.54, 1.807) is 6.26 Å². The molecule has 0 aromatic carbocycles. The second-order valence-corrected chi connectivity index (χ2v) is 9.09. The quantitative estimate of drug-likeness (QED) is 0.357. The SMILES string of the molecule is CCCCC1CC(C(=O)NC(C(C)O)[C@H]2O[C@H](SC)[C@H](O)[C@@H](O)[C@H]2O)N(C)C1. The molecule has 164 valence electrons. The number of rotatable bonds is 8. The summed E-state index contributed by atoms with van der Waals surface area (Å²) >= 11 is 1.20. The Morgan fingerprint density at radius 1 is 1.29 bits per heavy atom. The largest absolute Gasteiger partial charge is 0.391 e. The van der Waals surface area contributed by atoms with E-state index >= 15 is 0 Å². The number of aliphatic hydroxyl groups is 4. The number of ether oxygens (including phenoxy) is 1. The van der Waals surface area contributed by atoms with Gasteiger partial charge < -0.3 is 30.5 Å². The predicted molar refractivity (Wildman–Crippen MR) is 108 cm³/mol. The van der Waals surface area contributed by atoms with Gasteiger partial charge in [-0.25, -0.2) is 0 Å². The summed E-state index contributed by atoms with van der Waals surface area (Å²) in [4.78, 5) is 14.9. The van der Waals surface area contributed by atoms with Crippen molar-refractivity contribution in [2.75, 3.05) is 19.8 Å². The van der Waals surface area contributed by atoms with Crippen molar-refractivity contribution in [3.05, 3.63) is 0 Å². The molecule has 2 aliphatic heterocycles. The van der Waals surface area contributed by atoms with Gasteiger partial charge in [0.05, 0.1) is 18.2 Å². The molecule has 2 aliphatic rings. The van der Waals surface area contributed by atoms with Crippen LogP contribution in [0.15, 0.2) is 0 Å². The van der Waals surface area contributed by atoms with Gasteiger partial charge in [-0.15, -0.1) is 11.8 Å². The molecule has 2 rings (SSSR count). The third-order valence-electron chi connectivity index (χ3n) is 5.92. The summed E-state index contributed by atoms with van der Waals surface area (Å²) in [7, 11) is 1.92. The number of nitrogens with zero attached hydrogens (tertiary/aromatic N) is 1.